The Kier molecular flexibility index (Phi) is 5.87. The van der Waals surface area contributed by atoms with Crippen LogP contribution in [0.2, 0.25) is 0 Å². The Balaban J connectivity index is 1.76. The van der Waals surface area contributed by atoms with Crippen molar-refractivity contribution in [1.82, 2.24) is 5.32 Å². The third-order valence-electron chi connectivity index (χ3n) is 4.06. The van der Waals surface area contributed by atoms with Crippen LogP contribution in [0.4, 0.5) is 0 Å². The molecule has 19 heavy (non-hydrogen) atoms. The molecular weight excluding hydrogens is 234 g/mol. The Hall–Kier alpha value is -0.860. The molecule has 0 spiro atoms. The van der Waals surface area contributed by atoms with Gasteiger partial charge in [-0.1, -0.05) is 44.0 Å². The third kappa shape index (κ3) is 4.96. The first-order valence-corrected chi connectivity index (χ1v) is 7.62. The molecule has 1 fully saturated rings. The Labute approximate surface area is 117 Å². The monoisotopic (exact) mass is 261 g/mol. The van der Waals surface area contributed by atoms with Crippen molar-refractivity contribution < 1.29 is 4.74 Å². The fourth-order valence-corrected chi connectivity index (χ4v) is 2.82. The molecule has 0 heterocycles. The van der Waals surface area contributed by atoms with Gasteiger partial charge in [-0.2, -0.15) is 0 Å². The van der Waals surface area contributed by atoms with Crippen LogP contribution in [-0.4, -0.2) is 19.7 Å². The second kappa shape index (κ2) is 7.66. The molecule has 1 saturated carbocycles. The van der Waals surface area contributed by atoms with Gasteiger partial charge in [0.2, 0.25) is 0 Å². The summed E-state index contributed by atoms with van der Waals surface area (Å²) < 4.78 is 6.05. The standard InChI is InChI=1S/C17H27NO/c1-14-4-3-5-17(12-14)19-13-16-8-6-15(7-9-16)10-11-18-2/h6-9,14,17-18H,3-5,10-13H2,1-2H3. The van der Waals surface area contributed by atoms with Crippen LogP contribution in [0.25, 0.3) is 0 Å². The highest BCUT2D eigenvalue weighted by Crippen LogP contribution is 2.26. The van der Waals surface area contributed by atoms with Crippen LogP contribution in [0.3, 0.4) is 0 Å². The quantitative estimate of drug-likeness (QED) is 0.845. The lowest BCUT2D eigenvalue weighted by molar-refractivity contribution is 0.00466. The van der Waals surface area contributed by atoms with Crippen LogP contribution < -0.4 is 5.32 Å². The van der Waals surface area contributed by atoms with Gasteiger partial charge in [-0.15, -0.1) is 0 Å². The number of hydrogen-bond acceptors (Lipinski definition) is 2. The van der Waals surface area contributed by atoms with E-state index in [1.807, 2.05) is 7.05 Å². The molecule has 1 aromatic carbocycles. The number of hydrogen-bond donors (Lipinski definition) is 1. The van der Waals surface area contributed by atoms with Crippen molar-refractivity contribution in [3.05, 3.63) is 35.4 Å². The molecule has 1 aromatic rings. The van der Waals surface area contributed by atoms with Crippen LogP contribution in [0.15, 0.2) is 24.3 Å². The van der Waals surface area contributed by atoms with E-state index in [1.54, 1.807) is 0 Å². The Morgan fingerprint density at radius 3 is 2.58 bits per heavy atom. The highest BCUT2D eigenvalue weighted by atomic mass is 16.5. The van der Waals surface area contributed by atoms with E-state index in [4.69, 9.17) is 4.74 Å². The predicted octanol–water partition coefficient (Wildman–Crippen LogP) is 3.54. The van der Waals surface area contributed by atoms with E-state index in [0.29, 0.717) is 6.10 Å². The fraction of sp³-hybridized carbons (Fsp3) is 0.647. The molecule has 0 aliphatic heterocycles. The second-order valence-corrected chi connectivity index (χ2v) is 5.87. The topological polar surface area (TPSA) is 21.3 Å². The number of benzene rings is 1. The molecule has 1 aliphatic rings. The fourth-order valence-electron chi connectivity index (χ4n) is 2.82. The lowest BCUT2D eigenvalue weighted by atomic mass is 9.89. The molecule has 2 unspecified atom stereocenters. The van der Waals surface area contributed by atoms with Gasteiger partial charge in [0.05, 0.1) is 12.7 Å². The van der Waals surface area contributed by atoms with Gasteiger partial charge in [-0.3, -0.25) is 0 Å². The zero-order valence-electron chi connectivity index (χ0n) is 12.3. The maximum Gasteiger partial charge on any atom is 0.0720 e. The summed E-state index contributed by atoms with van der Waals surface area (Å²) in [6, 6.07) is 8.85. The summed E-state index contributed by atoms with van der Waals surface area (Å²) >= 11 is 0. The van der Waals surface area contributed by atoms with Crippen molar-refractivity contribution in [2.75, 3.05) is 13.6 Å². The average molecular weight is 261 g/mol. The van der Waals surface area contributed by atoms with E-state index in [2.05, 4.69) is 36.5 Å². The van der Waals surface area contributed by atoms with E-state index in [-0.39, 0.29) is 0 Å². The van der Waals surface area contributed by atoms with Crippen molar-refractivity contribution >= 4 is 0 Å². The molecule has 0 bridgehead atoms. The molecule has 0 saturated heterocycles. The first-order valence-electron chi connectivity index (χ1n) is 7.62. The molecule has 2 heteroatoms. The molecular formula is C17H27NO. The Morgan fingerprint density at radius 1 is 1.16 bits per heavy atom. The lowest BCUT2D eigenvalue weighted by Crippen LogP contribution is -2.21. The molecule has 0 aromatic heterocycles. The second-order valence-electron chi connectivity index (χ2n) is 5.87. The van der Waals surface area contributed by atoms with E-state index in [1.165, 1.54) is 36.8 Å². The van der Waals surface area contributed by atoms with E-state index in [0.717, 1.165) is 25.5 Å². The van der Waals surface area contributed by atoms with Crippen molar-refractivity contribution in [2.45, 2.75) is 51.7 Å². The summed E-state index contributed by atoms with van der Waals surface area (Å²) in [7, 11) is 1.99. The SMILES string of the molecule is CNCCc1ccc(COC2CCCC(C)C2)cc1. The summed E-state index contributed by atoms with van der Waals surface area (Å²) in [5.74, 6) is 0.836. The van der Waals surface area contributed by atoms with Crippen LogP contribution in [0.1, 0.15) is 43.7 Å². The third-order valence-corrected chi connectivity index (χ3v) is 4.06. The largest absolute Gasteiger partial charge is 0.374 e. The zero-order valence-corrected chi connectivity index (χ0v) is 12.3. The Morgan fingerprint density at radius 2 is 1.89 bits per heavy atom. The molecule has 0 amide bonds. The minimum Gasteiger partial charge on any atom is -0.374 e. The predicted molar refractivity (Wildman–Crippen MR) is 80.3 cm³/mol. The summed E-state index contributed by atoms with van der Waals surface area (Å²) in [4.78, 5) is 0. The number of nitrogens with one attached hydrogen (secondary N) is 1. The maximum atomic E-state index is 6.05. The summed E-state index contributed by atoms with van der Waals surface area (Å²) in [6.45, 7) is 4.14. The summed E-state index contributed by atoms with van der Waals surface area (Å²) in [6.07, 6.45) is 6.75. The van der Waals surface area contributed by atoms with Crippen molar-refractivity contribution in [3.63, 3.8) is 0 Å². The van der Waals surface area contributed by atoms with E-state index >= 15 is 0 Å². The lowest BCUT2D eigenvalue weighted by Gasteiger charge is -2.26. The minimum absolute atomic E-state index is 0.479. The highest BCUT2D eigenvalue weighted by molar-refractivity contribution is 5.22. The van der Waals surface area contributed by atoms with Crippen LogP contribution in [0.5, 0.6) is 0 Å². The van der Waals surface area contributed by atoms with Gasteiger partial charge in [0.15, 0.2) is 0 Å². The zero-order chi connectivity index (χ0) is 13.5. The first kappa shape index (κ1) is 14.5. The molecule has 0 radical (unpaired) electrons. The maximum absolute atomic E-state index is 6.05. The van der Waals surface area contributed by atoms with Gasteiger partial charge < -0.3 is 10.1 Å². The van der Waals surface area contributed by atoms with Gasteiger partial charge in [0.25, 0.3) is 0 Å². The molecule has 2 rings (SSSR count). The minimum atomic E-state index is 0.479. The average Bonchev–Trinajstić information content (AvgIpc) is 2.44. The van der Waals surface area contributed by atoms with Crippen molar-refractivity contribution in [2.24, 2.45) is 5.92 Å². The summed E-state index contributed by atoms with van der Waals surface area (Å²) in [5, 5.41) is 3.18. The van der Waals surface area contributed by atoms with Crippen molar-refractivity contribution in [3.8, 4) is 0 Å². The normalized spacial score (nSPS) is 23.5. The highest BCUT2D eigenvalue weighted by Gasteiger charge is 2.19. The first-order chi connectivity index (χ1) is 9.28. The molecule has 106 valence electrons. The van der Waals surface area contributed by atoms with Gasteiger partial charge in [-0.25, -0.2) is 0 Å². The summed E-state index contributed by atoms with van der Waals surface area (Å²) in [5.41, 5.74) is 2.69. The van der Waals surface area contributed by atoms with Crippen molar-refractivity contribution in [1.29, 1.82) is 0 Å². The number of rotatable bonds is 6. The van der Waals surface area contributed by atoms with Crippen LogP contribution in [-0.2, 0) is 17.8 Å². The molecule has 2 atom stereocenters. The van der Waals surface area contributed by atoms with E-state index in [9.17, 15) is 0 Å². The number of ether oxygens (including phenoxy) is 1. The van der Waals surface area contributed by atoms with E-state index < -0.39 is 0 Å². The van der Waals surface area contributed by atoms with Gasteiger partial charge in [0.1, 0.15) is 0 Å². The van der Waals surface area contributed by atoms with Gasteiger partial charge >= 0.3 is 0 Å². The van der Waals surface area contributed by atoms with Crippen LogP contribution in [0, 0.1) is 5.92 Å². The molecule has 1 aliphatic carbocycles. The van der Waals surface area contributed by atoms with Gasteiger partial charge in [0, 0.05) is 0 Å². The number of likely N-dealkylation sites (N-methyl/N-ethyl adjacent to an activating group) is 1. The molecule has 1 N–H and O–H groups in total. The smallest absolute Gasteiger partial charge is 0.0720 e. The van der Waals surface area contributed by atoms with Crippen LogP contribution >= 0.6 is 0 Å². The molecule has 2 nitrogen and oxygen atoms in total. The van der Waals surface area contributed by atoms with Gasteiger partial charge in [-0.05, 0) is 49.9 Å². The Bertz CT molecular complexity index is 360.